The first-order valence-electron chi connectivity index (χ1n) is 3.30. The normalized spacial score (nSPS) is 56.7. The van der Waals surface area contributed by atoms with Crippen LogP contribution in [0.15, 0.2) is 0 Å². The van der Waals surface area contributed by atoms with Crippen molar-refractivity contribution in [3.05, 3.63) is 0 Å². The van der Waals surface area contributed by atoms with E-state index in [1.54, 1.807) is 0 Å². The van der Waals surface area contributed by atoms with Gasteiger partial charge in [0.25, 0.3) is 0 Å². The molecule has 1 saturated carbocycles. The van der Waals surface area contributed by atoms with Gasteiger partial charge < -0.3 is 5.32 Å². The summed E-state index contributed by atoms with van der Waals surface area (Å²) >= 11 is 0. The lowest BCUT2D eigenvalue weighted by atomic mass is 10.1. The lowest BCUT2D eigenvalue weighted by molar-refractivity contribution is 0.124. The molecular weight excluding hydrogens is 124 g/mol. The zero-order chi connectivity index (χ0) is 6.43. The molecule has 1 saturated heterocycles. The smallest absolute Gasteiger partial charge is 0.147 e. The lowest BCUT2D eigenvalue weighted by Gasteiger charge is -2.18. The number of hydrogen-bond acceptors (Lipinski definition) is 1. The summed E-state index contributed by atoms with van der Waals surface area (Å²) in [6.45, 7) is 0.673. The van der Waals surface area contributed by atoms with Gasteiger partial charge in [-0.1, -0.05) is 0 Å². The van der Waals surface area contributed by atoms with Gasteiger partial charge in [-0.25, -0.2) is 8.78 Å². The van der Waals surface area contributed by atoms with Crippen LogP contribution in [-0.2, 0) is 0 Å². The van der Waals surface area contributed by atoms with E-state index >= 15 is 0 Å². The predicted molar refractivity (Wildman–Crippen MR) is 29.7 cm³/mol. The van der Waals surface area contributed by atoms with E-state index < -0.39 is 12.3 Å². The van der Waals surface area contributed by atoms with Crippen molar-refractivity contribution in [1.29, 1.82) is 0 Å². The summed E-state index contributed by atoms with van der Waals surface area (Å²) in [4.78, 5) is 0. The number of piperidine rings is 1. The molecule has 0 aromatic carbocycles. The Morgan fingerprint density at radius 3 is 2.33 bits per heavy atom. The van der Waals surface area contributed by atoms with Crippen LogP contribution < -0.4 is 5.32 Å². The average molecular weight is 133 g/mol. The first-order chi connectivity index (χ1) is 4.29. The van der Waals surface area contributed by atoms with Gasteiger partial charge in [0.2, 0.25) is 0 Å². The van der Waals surface area contributed by atoms with Crippen LogP contribution >= 0.6 is 0 Å². The van der Waals surface area contributed by atoms with Gasteiger partial charge in [0.1, 0.15) is 12.3 Å². The molecule has 4 atom stereocenters. The van der Waals surface area contributed by atoms with Gasteiger partial charge in [0.05, 0.1) is 0 Å². The SMILES string of the molecule is FC1C2CNC(C2)C1F. The van der Waals surface area contributed by atoms with E-state index in [-0.39, 0.29) is 12.0 Å². The van der Waals surface area contributed by atoms with Crippen molar-refractivity contribution in [1.82, 2.24) is 5.32 Å². The van der Waals surface area contributed by atoms with Crippen molar-refractivity contribution in [3.63, 3.8) is 0 Å². The summed E-state index contributed by atoms with van der Waals surface area (Å²) < 4.78 is 25.2. The highest BCUT2D eigenvalue weighted by atomic mass is 19.2. The molecule has 9 heavy (non-hydrogen) atoms. The van der Waals surface area contributed by atoms with Crippen molar-refractivity contribution in [2.75, 3.05) is 6.54 Å². The van der Waals surface area contributed by atoms with Crippen LogP contribution in [0.25, 0.3) is 0 Å². The molecule has 2 fully saturated rings. The maximum absolute atomic E-state index is 12.6. The van der Waals surface area contributed by atoms with Crippen molar-refractivity contribution in [2.24, 2.45) is 5.92 Å². The zero-order valence-corrected chi connectivity index (χ0v) is 4.98. The van der Waals surface area contributed by atoms with E-state index in [1.807, 2.05) is 0 Å². The molecular formula is C6H9F2N. The van der Waals surface area contributed by atoms with E-state index in [0.717, 1.165) is 0 Å². The number of nitrogens with one attached hydrogen (secondary N) is 1. The fourth-order valence-electron chi connectivity index (χ4n) is 1.76. The highest BCUT2D eigenvalue weighted by Gasteiger charge is 2.48. The first-order valence-corrected chi connectivity index (χ1v) is 3.30. The van der Waals surface area contributed by atoms with Crippen molar-refractivity contribution in [3.8, 4) is 0 Å². The monoisotopic (exact) mass is 133 g/mol. The zero-order valence-electron chi connectivity index (χ0n) is 4.98. The van der Waals surface area contributed by atoms with Gasteiger partial charge in [0.15, 0.2) is 0 Å². The molecule has 2 bridgehead atoms. The van der Waals surface area contributed by atoms with Gasteiger partial charge >= 0.3 is 0 Å². The maximum Gasteiger partial charge on any atom is 0.147 e. The second kappa shape index (κ2) is 1.66. The number of fused-ring (bicyclic) bond motifs is 2. The fourth-order valence-corrected chi connectivity index (χ4v) is 1.76. The number of halogens is 2. The summed E-state index contributed by atoms with van der Waals surface area (Å²) in [5, 5.41) is 2.92. The van der Waals surface area contributed by atoms with E-state index in [1.165, 1.54) is 0 Å². The minimum atomic E-state index is -1.23. The van der Waals surface area contributed by atoms with Gasteiger partial charge in [-0.05, 0) is 6.42 Å². The van der Waals surface area contributed by atoms with Crippen LogP contribution in [-0.4, -0.2) is 24.9 Å². The summed E-state index contributed by atoms with van der Waals surface area (Å²) in [6.07, 6.45) is -1.72. The van der Waals surface area contributed by atoms with Crippen LogP contribution in [0.2, 0.25) is 0 Å². The van der Waals surface area contributed by atoms with Gasteiger partial charge in [-0.15, -0.1) is 0 Å². The summed E-state index contributed by atoms with van der Waals surface area (Å²) in [5.41, 5.74) is 0. The van der Waals surface area contributed by atoms with E-state index in [2.05, 4.69) is 5.32 Å². The highest BCUT2D eigenvalue weighted by Crippen LogP contribution is 2.35. The molecule has 0 radical (unpaired) electrons. The molecule has 3 heteroatoms. The van der Waals surface area contributed by atoms with Crippen LogP contribution in [0, 0.1) is 5.92 Å². The lowest BCUT2D eigenvalue weighted by Crippen LogP contribution is -2.41. The van der Waals surface area contributed by atoms with Crippen molar-refractivity contribution in [2.45, 2.75) is 24.8 Å². The van der Waals surface area contributed by atoms with Crippen LogP contribution in [0.1, 0.15) is 6.42 Å². The van der Waals surface area contributed by atoms with Crippen molar-refractivity contribution < 1.29 is 8.78 Å². The first kappa shape index (κ1) is 5.59. The molecule has 1 heterocycles. The average Bonchev–Trinajstić information content (AvgIpc) is 2.37. The number of rotatable bonds is 0. The molecule has 52 valence electrons. The number of alkyl halides is 2. The summed E-state index contributed by atoms with van der Waals surface area (Å²) in [6, 6.07) is -0.176. The number of hydrogen-bond donors (Lipinski definition) is 1. The quantitative estimate of drug-likeness (QED) is 0.511. The van der Waals surface area contributed by atoms with Crippen LogP contribution in [0.4, 0.5) is 8.78 Å². The van der Waals surface area contributed by atoms with Crippen LogP contribution in [0.3, 0.4) is 0 Å². The molecule has 0 amide bonds. The fraction of sp³-hybridized carbons (Fsp3) is 1.00. The molecule has 0 spiro atoms. The molecule has 1 aliphatic heterocycles. The van der Waals surface area contributed by atoms with Crippen LogP contribution in [0.5, 0.6) is 0 Å². The maximum atomic E-state index is 12.6. The molecule has 0 aromatic rings. The predicted octanol–water partition coefficient (Wildman–Crippen LogP) is 0.654. The Kier molecular flexibility index (Phi) is 1.03. The van der Waals surface area contributed by atoms with Gasteiger partial charge in [-0.3, -0.25) is 0 Å². The molecule has 2 rings (SSSR count). The Morgan fingerprint density at radius 1 is 1.22 bits per heavy atom. The second-order valence-corrected chi connectivity index (χ2v) is 2.90. The Hall–Kier alpha value is -0.180. The minimum Gasteiger partial charge on any atom is -0.311 e. The Labute approximate surface area is 52.4 Å². The third-order valence-electron chi connectivity index (χ3n) is 2.34. The second-order valence-electron chi connectivity index (χ2n) is 2.90. The molecule has 1 nitrogen and oxygen atoms in total. The standard InChI is InChI=1S/C6H9F2N/c7-5-3-1-4(6(5)8)9-2-3/h3-6,9H,1-2H2. The molecule has 0 aromatic heterocycles. The molecule has 4 unspecified atom stereocenters. The molecule has 1 N–H and O–H groups in total. The molecule has 1 aliphatic carbocycles. The minimum absolute atomic E-state index is 0.0370. The van der Waals surface area contributed by atoms with Gasteiger partial charge in [-0.2, -0.15) is 0 Å². The largest absolute Gasteiger partial charge is 0.311 e. The summed E-state index contributed by atoms with van der Waals surface area (Å²) in [7, 11) is 0. The third-order valence-corrected chi connectivity index (χ3v) is 2.34. The van der Waals surface area contributed by atoms with E-state index in [0.29, 0.717) is 13.0 Å². The Morgan fingerprint density at radius 2 is 2.00 bits per heavy atom. The van der Waals surface area contributed by atoms with E-state index in [4.69, 9.17) is 0 Å². The Balaban J connectivity index is 2.15. The third kappa shape index (κ3) is 0.611. The highest BCUT2D eigenvalue weighted by molar-refractivity contribution is 5.02. The topological polar surface area (TPSA) is 12.0 Å². The van der Waals surface area contributed by atoms with E-state index in [9.17, 15) is 8.78 Å². The summed E-state index contributed by atoms with van der Waals surface area (Å²) in [5.74, 6) is -0.0370. The van der Waals surface area contributed by atoms with Crippen molar-refractivity contribution >= 4 is 0 Å². The Bertz CT molecular complexity index is 110. The van der Waals surface area contributed by atoms with Gasteiger partial charge in [0, 0.05) is 18.5 Å². The molecule has 2 aliphatic rings.